The Morgan fingerprint density at radius 1 is 0.919 bits per heavy atom. The number of piperazine rings is 1. The first-order chi connectivity index (χ1) is 17.6. The molecule has 3 heterocycles. The minimum atomic E-state index is -4.60. The number of anilines is 1. The number of aromatic nitrogens is 2. The van der Waals surface area contributed by atoms with Gasteiger partial charge < -0.3 is 9.80 Å². The molecule has 2 aromatic heterocycles. The number of alkyl halides is 3. The smallest absolute Gasteiger partial charge is 0.368 e. The molecule has 0 atom stereocenters. The van der Waals surface area contributed by atoms with Gasteiger partial charge in [-0.05, 0) is 36.4 Å². The second-order valence-electron chi connectivity index (χ2n) is 8.54. The first kappa shape index (κ1) is 25.1. The zero-order valence-corrected chi connectivity index (χ0v) is 20.7. The van der Waals surface area contributed by atoms with Gasteiger partial charge in [0, 0.05) is 54.7 Å². The number of rotatable bonds is 4. The van der Waals surface area contributed by atoms with Gasteiger partial charge in [-0.3, -0.25) is 14.2 Å². The molecule has 190 valence electrons. The zero-order chi connectivity index (χ0) is 26.3. The van der Waals surface area contributed by atoms with Gasteiger partial charge in [0.1, 0.15) is 0 Å². The number of hydrogen-bond donors (Lipinski definition) is 0. The summed E-state index contributed by atoms with van der Waals surface area (Å²) in [7, 11) is 0. The average Bonchev–Trinajstić information content (AvgIpc) is 3.27. The third kappa shape index (κ3) is 4.89. The second-order valence-corrected chi connectivity index (χ2v) is 9.39. The van der Waals surface area contributed by atoms with Crippen LogP contribution in [-0.2, 0) is 11.0 Å². The van der Waals surface area contributed by atoms with E-state index >= 15 is 0 Å². The number of Topliss-reactive ketones (excluding diaryl/α,β-unsaturated/α-hetero) is 1. The quantitative estimate of drug-likeness (QED) is 0.237. The number of amides is 1. The van der Waals surface area contributed by atoms with Crippen molar-refractivity contribution in [2.24, 2.45) is 0 Å². The van der Waals surface area contributed by atoms with E-state index in [2.05, 4.69) is 9.88 Å². The molecule has 0 aliphatic carbocycles. The predicted molar refractivity (Wildman–Crippen MR) is 136 cm³/mol. The monoisotopic (exact) mass is 546 g/mol. The Morgan fingerprint density at radius 3 is 2.24 bits per heavy atom. The molecular formula is C26H19Cl2F3N4O2. The van der Waals surface area contributed by atoms with Crippen LogP contribution in [0.4, 0.5) is 18.9 Å². The van der Waals surface area contributed by atoms with Crippen molar-refractivity contribution in [3.8, 4) is 5.82 Å². The number of pyridine rings is 1. The Balaban J connectivity index is 1.40. The zero-order valence-electron chi connectivity index (χ0n) is 19.2. The third-order valence-corrected chi connectivity index (χ3v) is 6.82. The number of ketones is 1. The summed E-state index contributed by atoms with van der Waals surface area (Å²) in [5.41, 5.74) is 0.604. The van der Waals surface area contributed by atoms with E-state index in [0.717, 1.165) is 11.8 Å². The minimum Gasteiger partial charge on any atom is -0.368 e. The number of para-hydroxylation sites is 1. The van der Waals surface area contributed by atoms with E-state index in [4.69, 9.17) is 23.2 Å². The van der Waals surface area contributed by atoms with Gasteiger partial charge in [-0.2, -0.15) is 13.2 Å². The molecule has 0 N–H and O–H groups in total. The number of nitrogens with zero attached hydrogens (tertiary/aromatic N) is 4. The molecular weight excluding hydrogens is 528 g/mol. The maximum atomic E-state index is 13.3. The fraction of sp³-hybridized carbons (Fsp3) is 0.192. The highest BCUT2D eigenvalue weighted by molar-refractivity contribution is 6.45. The van der Waals surface area contributed by atoms with Crippen molar-refractivity contribution < 1.29 is 22.8 Å². The first-order valence-electron chi connectivity index (χ1n) is 11.3. The van der Waals surface area contributed by atoms with Crippen molar-refractivity contribution in [1.29, 1.82) is 0 Å². The van der Waals surface area contributed by atoms with E-state index in [0.29, 0.717) is 48.3 Å². The molecule has 1 saturated heterocycles. The van der Waals surface area contributed by atoms with Crippen LogP contribution in [0, 0.1) is 0 Å². The van der Waals surface area contributed by atoms with E-state index in [1.54, 1.807) is 36.4 Å². The van der Waals surface area contributed by atoms with Gasteiger partial charge in [-0.1, -0.05) is 41.4 Å². The lowest BCUT2D eigenvalue weighted by atomic mass is 10.1. The molecule has 6 nitrogen and oxygen atoms in total. The molecule has 0 bridgehead atoms. The summed E-state index contributed by atoms with van der Waals surface area (Å²) in [5.74, 6) is -1.34. The summed E-state index contributed by atoms with van der Waals surface area (Å²) in [4.78, 5) is 34.0. The maximum Gasteiger partial charge on any atom is 0.417 e. The van der Waals surface area contributed by atoms with Crippen molar-refractivity contribution in [2.45, 2.75) is 6.18 Å². The van der Waals surface area contributed by atoms with E-state index in [1.807, 2.05) is 12.1 Å². The summed E-state index contributed by atoms with van der Waals surface area (Å²) < 4.78 is 40.6. The van der Waals surface area contributed by atoms with Crippen LogP contribution in [0.25, 0.3) is 16.7 Å². The highest BCUT2D eigenvalue weighted by Crippen LogP contribution is 2.34. The number of carbonyl (C=O) groups excluding carboxylic acids is 2. The van der Waals surface area contributed by atoms with E-state index in [1.165, 1.54) is 15.7 Å². The van der Waals surface area contributed by atoms with Crippen LogP contribution in [0.15, 0.2) is 67.0 Å². The van der Waals surface area contributed by atoms with Crippen molar-refractivity contribution in [3.05, 3.63) is 88.2 Å². The molecule has 11 heteroatoms. The van der Waals surface area contributed by atoms with Crippen molar-refractivity contribution >= 4 is 51.5 Å². The third-order valence-electron chi connectivity index (χ3n) is 6.29. The fourth-order valence-corrected chi connectivity index (χ4v) is 4.76. The van der Waals surface area contributed by atoms with Gasteiger partial charge in [-0.25, -0.2) is 4.98 Å². The molecule has 0 saturated carbocycles. The number of hydrogen-bond acceptors (Lipinski definition) is 4. The predicted octanol–water partition coefficient (Wildman–Crippen LogP) is 5.88. The highest BCUT2D eigenvalue weighted by atomic mass is 35.5. The molecule has 1 amide bonds. The Kier molecular flexibility index (Phi) is 6.59. The number of benzene rings is 2. The van der Waals surface area contributed by atoms with Crippen LogP contribution in [0.5, 0.6) is 0 Å². The molecule has 2 aromatic carbocycles. The fourth-order valence-electron chi connectivity index (χ4n) is 4.38. The molecule has 1 aliphatic rings. The van der Waals surface area contributed by atoms with Crippen LogP contribution in [-0.4, -0.2) is 52.3 Å². The largest absolute Gasteiger partial charge is 0.417 e. The highest BCUT2D eigenvalue weighted by Gasteiger charge is 2.33. The summed E-state index contributed by atoms with van der Waals surface area (Å²) in [6, 6.07) is 15.0. The Bertz CT molecular complexity index is 1490. The number of fused-ring (bicyclic) bond motifs is 1. The van der Waals surface area contributed by atoms with Crippen LogP contribution in [0.3, 0.4) is 0 Å². The van der Waals surface area contributed by atoms with Crippen molar-refractivity contribution in [3.63, 3.8) is 0 Å². The molecule has 4 aromatic rings. The Hall–Kier alpha value is -3.56. The average molecular weight is 547 g/mol. The van der Waals surface area contributed by atoms with Crippen LogP contribution >= 0.6 is 23.2 Å². The minimum absolute atomic E-state index is 0.0222. The lowest BCUT2D eigenvalue weighted by molar-refractivity contribution is -0.137. The topological polar surface area (TPSA) is 58.4 Å². The molecule has 1 fully saturated rings. The summed E-state index contributed by atoms with van der Waals surface area (Å²) in [5, 5.41) is 0.868. The number of halogens is 5. The van der Waals surface area contributed by atoms with E-state index in [-0.39, 0.29) is 16.4 Å². The molecule has 0 unspecified atom stereocenters. The van der Waals surface area contributed by atoms with E-state index in [9.17, 15) is 22.8 Å². The van der Waals surface area contributed by atoms with Gasteiger partial charge in [-0.15, -0.1) is 0 Å². The van der Waals surface area contributed by atoms with Crippen LogP contribution in [0.2, 0.25) is 10.0 Å². The van der Waals surface area contributed by atoms with Crippen molar-refractivity contribution in [2.75, 3.05) is 31.1 Å². The summed E-state index contributed by atoms with van der Waals surface area (Å²) in [6.45, 7) is 1.82. The molecule has 0 spiro atoms. The first-order valence-corrected chi connectivity index (χ1v) is 12.1. The molecule has 1 aliphatic heterocycles. The Morgan fingerprint density at radius 2 is 1.59 bits per heavy atom. The van der Waals surface area contributed by atoms with Gasteiger partial charge in [0.25, 0.3) is 11.7 Å². The molecule has 37 heavy (non-hydrogen) atoms. The van der Waals surface area contributed by atoms with Gasteiger partial charge >= 0.3 is 6.18 Å². The lowest BCUT2D eigenvalue weighted by Gasteiger charge is -2.35. The normalized spacial score (nSPS) is 14.3. The van der Waals surface area contributed by atoms with Gasteiger partial charge in [0.2, 0.25) is 0 Å². The number of carbonyl (C=O) groups is 2. The molecule has 0 radical (unpaired) electrons. The standard InChI is InChI=1S/C26H19Cl2F3N4O2/c27-17-5-7-18(8-6-17)33-9-11-34(12-10-33)25(37)23(36)20-15-35(22-4-2-1-3-19(20)22)24-21(28)13-16(14-32-24)26(29,30)31/h1-8,13-15H,9-12H2. The van der Waals surface area contributed by atoms with Gasteiger partial charge in [0.15, 0.2) is 5.82 Å². The maximum absolute atomic E-state index is 13.3. The van der Waals surface area contributed by atoms with Crippen LogP contribution < -0.4 is 4.90 Å². The Labute approximate surface area is 219 Å². The second kappa shape index (κ2) is 9.72. The lowest BCUT2D eigenvalue weighted by Crippen LogP contribution is -2.50. The van der Waals surface area contributed by atoms with E-state index < -0.39 is 23.4 Å². The molecule has 5 rings (SSSR count). The van der Waals surface area contributed by atoms with Gasteiger partial charge in [0.05, 0.1) is 21.7 Å². The SMILES string of the molecule is O=C(C(=O)N1CCN(c2ccc(Cl)cc2)CC1)c1cn(-c2ncc(C(F)(F)F)cc2Cl)c2ccccc12. The summed E-state index contributed by atoms with van der Waals surface area (Å²) >= 11 is 12.1. The van der Waals surface area contributed by atoms with Crippen molar-refractivity contribution in [1.82, 2.24) is 14.5 Å². The summed E-state index contributed by atoms with van der Waals surface area (Å²) in [6.07, 6.45) is -2.52. The van der Waals surface area contributed by atoms with Crippen LogP contribution in [0.1, 0.15) is 15.9 Å².